The second kappa shape index (κ2) is 14.2. The minimum Gasteiger partial charge on any atom is -0.442 e. The lowest BCUT2D eigenvalue weighted by Gasteiger charge is -2.36. The van der Waals surface area contributed by atoms with Crippen LogP contribution in [0.1, 0.15) is 31.7 Å². The van der Waals surface area contributed by atoms with Gasteiger partial charge in [0.05, 0.1) is 36.0 Å². The summed E-state index contributed by atoms with van der Waals surface area (Å²) in [5, 5.41) is 5.78. The van der Waals surface area contributed by atoms with Gasteiger partial charge in [-0.25, -0.2) is 9.18 Å². The van der Waals surface area contributed by atoms with Crippen LogP contribution in [-0.4, -0.2) is 79.7 Å². The second-order valence-electron chi connectivity index (χ2n) is 10.1. The number of benzene rings is 2. The van der Waals surface area contributed by atoms with Crippen molar-refractivity contribution in [3.63, 3.8) is 0 Å². The first-order valence-corrected chi connectivity index (χ1v) is 14.3. The molecular formula is C29H37FN6O4S. The van der Waals surface area contributed by atoms with Crippen LogP contribution in [0.4, 0.5) is 26.2 Å². The van der Waals surface area contributed by atoms with Gasteiger partial charge in [0.1, 0.15) is 11.9 Å². The molecule has 0 spiro atoms. The van der Waals surface area contributed by atoms with E-state index < -0.39 is 11.9 Å². The zero-order chi connectivity index (χ0) is 29.4. The topological polar surface area (TPSA) is 120 Å². The number of cyclic esters (lactones) is 1. The Morgan fingerprint density at radius 1 is 1.12 bits per heavy atom. The molecule has 4 N–H and O–H groups in total. The van der Waals surface area contributed by atoms with Crippen LogP contribution >= 0.6 is 12.2 Å². The number of hydrogen-bond donors (Lipinski definition) is 3. The van der Waals surface area contributed by atoms with Crippen LogP contribution < -0.4 is 26.2 Å². The number of nitrogens with two attached hydrogens (primary N) is 1. The number of anilines is 3. The van der Waals surface area contributed by atoms with Crippen LogP contribution in [0.3, 0.4) is 0 Å². The van der Waals surface area contributed by atoms with Gasteiger partial charge in [0, 0.05) is 38.3 Å². The van der Waals surface area contributed by atoms with Crippen LogP contribution in [0.25, 0.3) is 0 Å². The number of ether oxygens (including phenoxy) is 1. The Bertz CT molecular complexity index is 1250. The van der Waals surface area contributed by atoms with Gasteiger partial charge in [0.25, 0.3) is 0 Å². The molecule has 2 heterocycles. The first-order chi connectivity index (χ1) is 19.8. The van der Waals surface area contributed by atoms with Crippen molar-refractivity contribution in [2.75, 3.05) is 60.9 Å². The number of piperazine rings is 1. The van der Waals surface area contributed by atoms with Gasteiger partial charge in [0.2, 0.25) is 11.8 Å². The van der Waals surface area contributed by atoms with Crippen LogP contribution in [0.5, 0.6) is 0 Å². The molecule has 0 saturated carbocycles. The quantitative estimate of drug-likeness (QED) is 0.345. The number of nitrogens with one attached hydrogen (secondary N) is 2. The zero-order valence-electron chi connectivity index (χ0n) is 23.2. The van der Waals surface area contributed by atoms with Gasteiger partial charge in [-0.2, -0.15) is 0 Å². The number of rotatable bonds is 11. The highest BCUT2D eigenvalue weighted by molar-refractivity contribution is 7.80. The summed E-state index contributed by atoms with van der Waals surface area (Å²) in [5.41, 5.74) is 7.99. The molecule has 220 valence electrons. The summed E-state index contributed by atoms with van der Waals surface area (Å²) in [4.78, 5) is 42.4. The van der Waals surface area contributed by atoms with Crippen LogP contribution in [0.2, 0.25) is 0 Å². The molecule has 1 atom stereocenters. The van der Waals surface area contributed by atoms with Crippen molar-refractivity contribution in [3.8, 4) is 0 Å². The van der Waals surface area contributed by atoms with E-state index in [1.54, 1.807) is 12.1 Å². The lowest BCUT2D eigenvalue weighted by Crippen LogP contribution is -2.49. The molecule has 0 unspecified atom stereocenters. The molecule has 4 rings (SSSR count). The molecule has 10 nitrogen and oxygen atoms in total. The van der Waals surface area contributed by atoms with E-state index in [1.807, 2.05) is 41.0 Å². The van der Waals surface area contributed by atoms with Gasteiger partial charge in [-0.05, 0) is 55.2 Å². The van der Waals surface area contributed by atoms with E-state index in [9.17, 15) is 14.4 Å². The number of halogens is 1. The summed E-state index contributed by atoms with van der Waals surface area (Å²) in [7, 11) is 0. The first-order valence-electron chi connectivity index (χ1n) is 13.9. The zero-order valence-corrected chi connectivity index (χ0v) is 24.1. The Morgan fingerprint density at radius 2 is 1.85 bits per heavy atom. The average molecular weight is 585 g/mol. The van der Waals surface area contributed by atoms with Gasteiger partial charge in [-0.1, -0.05) is 31.3 Å². The molecule has 2 fully saturated rings. The molecule has 41 heavy (non-hydrogen) atoms. The maximum Gasteiger partial charge on any atom is 0.414 e. The predicted molar refractivity (Wildman–Crippen MR) is 161 cm³/mol. The number of hydrogen-bond acceptors (Lipinski definition) is 7. The fourth-order valence-electron chi connectivity index (χ4n) is 4.88. The van der Waals surface area contributed by atoms with E-state index in [4.69, 9.17) is 22.7 Å². The van der Waals surface area contributed by atoms with Crippen molar-refractivity contribution < 1.29 is 23.5 Å². The monoisotopic (exact) mass is 584 g/mol. The SMILES string of the molecule is CCC(=S)NC[C@@H]1CN(c2ccc(N3CCN(C(=O)CCCc4ccc(NC(=O)CN)cc4)CC3)c(F)c2)C(=O)O1. The van der Waals surface area contributed by atoms with Crippen molar-refractivity contribution in [1.29, 1.82) is 0 Å². The lowest BCUT2D eigenvalue weighted by atomic mass is 10.1. The number of aryl methyl sites for hydroxylation is 1. The Balaban J connectivity index is 1.22. The van der Waals surface area contributed by atoms with Crippen molar-refractivity contribution in [3.05, 3.63) is 53.8 Å². The molecule has 2 aromatic carbocycles. The fourth-order valence-corrected chi connectivity index (χ4v) is 4.96. The number of carbonyl (C=O) groups excluding carboxylic acids is 3. The maximum absolute atomic E-state index is 15.1. The van der Waals surface area contributed by atoms with Crippen LogP contribution in [0, 0.1) is 5.82 Å². The van der Waals surface area contributed by atoms with E-state index in [1.165, 1.54) is 11.0 Å². The van der Waals surface area contributed by atoms with Crippen molar-refractivity contribution in [2.45, 2.75) is 38.7 Å². The molecular weight excluding hydrogens is 547 g/mol. The third-order valence-electron chi connectivity index (χ3n) is 7.22. The minimum atomic E-state index is -0.508. The van der Waals surface area contributed by atoms with Crippen molar-refractivity contribution >= 4 is 52.2 Å². The fraction of sp³-hybridized carbons (Fsp3) is 0.448. The predicted octanol–water partition coefficient (Wildman–Crippen LogP) is 3.05. The largest absolute Gasteiger partial charge is 0.442 e. The molecule has 2 aromatic rings. The number of nitrogens with zero attached hydrogens (tertiary/aromatic N) is 3. The highest BCUT2D eigenvalue weighted by atomic mass is 32.1. The maximum atomic E-state index is 15.1. The third kappa shape index (κ3) is 8.14. The van der Waals surface area contributed by atoms with Crippen molar-refractivity contribution in [1.82, 2.24) is 10.2 Å². The van der Waals surface area contributed by atoms with Crippen LogP contribution in [0.15, 0.2) is 42.5 Å². The van der Waals surface area contributed by atoms with E-state index in [0.717, 1.165) is 12.0 Å². The normalized spacial score (nSPS) is 16.9. The molecule has 12 heteroatoms. The van der Waals surface area contributed by atoms with Crippen LogP contribution in [-0.2, 0) is 20.7 Å². The molecule has 2 aliphatic rings. The highest BCUT2D eigenvalue weighted by Gasteiger charge is 2.33. The molecule has 0 aromatic heterocycles. The Labute approximate surface area is 245 Å². The Kier molecular flexibility index (Phi) is 10.5. The van der Waals surface area contributed by atoms with Gasteiger partial charge in [-0.3, -0.25) is 14.5 Å². The number of carbonyl (C=O) groups is 3. The highest BCUT2D eigenvalue weighted by Crippen LogP contribution is 2.28. The Hall–Kier alpha value is -3.77. The summed E-state index contributed by atoms with van der Waals surface area (Å²) in [6, 6.07) is 12.3. The standard InChI is InChI=1S/C29H37FN6O4S/c1-2-27(41)32-18-23-19-36(29(39)40-23)22-10-11-25(24(30)16-22)34-12-14-35(15-13-34)28(38)5-3-4-20-6-8-21(9-7-20)33-26(37)17-31/h6-11,16,23H,2-5,12-15,17-19,31H2,1H3,(H,32,41)(H,33,37)/t23-/m1/s1. The molecule has 0 bridgehead atoms. The third-order valence-corrected chi connectivity index (χ3v) is 7.65. The smallest absolute Gasteiger partial charge is 0.414 e. The van der Waals surface area contributed by atoms with Crippen molar-refractivity contribution in [2.24, 2.45) is 5.73 Å². The van der Waals surface area contributed by atoms with Gasteiger partial charge < -0.3 is 30.9 Å². The molecule has 0 aliphatic carbocycles. The van der Waals surface area contributed by atoms with Gasteiger partial charge >= 0.3 is 6.09 Å². The summed E-state index contributed by atoms with van der Waals surface area (Å²) < 4.78 is 20.5. The molecule has 2 saturated heterocycles. The first kappa shape index (κ1) is 30.2. The molecule has 3 amide bonds. The Morgan fingerprint density at radius 3 is 2.51 bits per heavy atom. The lowest BCUT2D eigenvalue weighted by molar-refractivity contribution is -0.131. The van der Waals surface area contributed by atoms with Gasteiger partial charge in [-0.15, -0.1) is 0 Å². The number of thiocarbonyl (C=S) groups is 1. The molecule has 2 aliphatic heterocycles. The van der Waals surface area contributed by atoms with E-state index in [0.29, 0.717) is 80.6 Å². The summed E-state index contributed by atoms with van der Waals surface area (Å²) >= 11 is 5.16. The van der Waals surface area contributed by atoms with E-state index in [2.05, 4.69) is 10.6 Å². The summed E-state index contributed by atoms with van der Waals surface area (Å²) in [5.74, 6) is -0.576. The minimum absolute atomic E-state index is 0.0650. The number of amides is 3. The summed E-state index contributed by atoms with van der Waals surface area (Å²) in [6.07, 6.45) is 1.74. The second-order valence-corrected chi connectivity index (χ2v) is 10.6. The average Bonchev–Trinajstić information content (AvgIpc) is 3.36. The van der Waals surface area contributed by atoms with Gasteiger partial charge in [0.15, 0.2) is 0 Å². The van der Waals surface area contributed by atoms with E-state index in [-0.39, 0.29) is 24.5 Å². The van der Waals surface area contributed by atoms with E-state index >= 15 is 4.39 Å². The molecule has 0 radical (unpaired) electrons. The summed E-state index contributed by atoms with van der Waals surface area (Å²) in [6.45, 7) is 4.69.